The lowest BCUT2D eigenvalue weighted by Gasteiger charge is -2.20. The first-order valence-corrected chi connectivity index (χ1v) is 10.2. The van der Waals surface area contributed by atoms with Crippen LogP contribution in [0, 0.1) is 5.92 Å². The minimum absolute atomic E-state index is 0.0809. The number of amides is 1. The average molecular weight is 415 g/mol. The summed E-state index contributed by atoms with van der Waals surface area (Å²) in [6.45, 7) is 0. The molecule has 2 aromatic carbocycles. The van der Waals surface area contributed by atoms with Crippen molar-refractivity contribution in [1.29, 1.82) is 0 Å². The van der Waals surface area contributed by atoms with Crippen LogP contribution in [-0.2, 0) is 4.79 Å². The highest BCUT2D eigenvalue weighted by atomic mass is 35.5. The molecule has 0 bridgehead atoms. The second-order valence-electron chi connectivity index (χ2n) is 7.19. The van der Waals surface area contributed by atoms with Crippen molar-refractivity contribution in [2.24, 2.45) is 5.92 Å². The van der Waals surface area contributed by atoms with E-state index in [2.05, 4.69) is 5.32 Å². The van der Waals surface area contributed by atoms with Crippen LogP contribution in [0.15, 0.2) is 48.7 Å². The van der Waals surface area contributed by atoms with E-state index in [1.165, 1.54) is 11.0 Å². The third-order valence-electron chi connectivity index (χ3n) is 5.33. The van der Waals surface area contributed by atoms with Crippen LogP contribution in [0.2, 0.25) is 10.0 Å². The molecule has 6 heteroatoms. The molecule has 0 spiro atoms. The highest BCUT2D eigenvalue weighted by Gasteiger charge is 2.22. The maximum Gasteiger partial charge on any atom is 0.265 e. The van der Waals surface area contributed by atoms with Gasteiger partial charge in [-0.15, -0.1) is 0 Å². The highest BCUT2D eigenvalue weighted by Crippen LogP contribution is 2.29. The molecular weight excluding hydrogens is 395 g/mol. The van der Waals surface area contributed by atoms with E-state index in [9.17, 15) is 9.59 Å². The predicted octanol–water partition coefficient (Wildman–Crippen LogP) is 6.16. The van der Waals surface area contributed by atoms with Gasteiger partial charge >= 0.3 is 0 Å². The Morgan fingerprint density at radius 1 is 0.964 bits per heavy atom. The number of hydrogen-bond acceptors (Lipinski definition) is 2. The monoisotopic (exact) mass is 414 g/mol. The molecule has 1 N–H and O–H groups in total. The number of anilines is 1. The van der Waals surface area contributed by atoms with Crippen LogP contribution in [0.25, 0.3) is 10.9 Å². The van der Waals surface area contributed by atoms with Gasteiger partial charge in [-0.25, -0.2) is 0 Å². The average Bonchev–Trinajstić information content (AvgIpc) is 3.11. The summed E-state index contributed by atoms with van der Waals surface area (Å²) in [5, 5.41) is 4.51. The summed E-state index contributed by atoms with van der Waals surface area (Å²) < 4.78 is 1.52. The van der Waals surface area contributed by atoms with Gasteiger partial charge in [0, 0.05) is 23.2 Å². The largest absolute Gasteiger partial charge is 0.326 e. The molecule has 1 fully saturated rings. The van der Waals surface area contributed by atoms with Crippen LogP contribution in [0.1, 0.15) is 42.5 Å². The molecule has 3 aromatic rings. The highest BCUT2D eigenvalue weighted by molar-refractivity contribution is 6.40. The minimum atomic E-state index is -0.287. The molecule has 28 heavy (non-hydrogen) atoms. The fraction of sp³-hybridized carbons (Fsp3) is 0.273. The Bertz CT molecular complexity index is 1030. The van der Waals surface area contributed by atoms with Crippen LogP contribution in [0.5, 0.6) is 0 Å². The summed E-state index contributed by atoms with van der Waals surface area (Å²) in [5.41, 5.74) is 1.75. The van der Waals surface area contributed by atoms with Crippen LogP contribution in [0.4, 0.5) is 5.69 Å². The number of hydrogen-bond donors (Lipinski definition) is 1. The molecule has 4 nitrogen and oxygen atoms in total. The van der Waals surface area contributed by atoms with Crippen molar-refractivity contribution >= 4 is 51.6 Å². The third-order valence-corrected chi connectivity index (χ3v) is 5.96. The molecule has 1 saturated carbocycles. The van der Waals surface area contributed by atoms with Gasteiger partial charge in [-0.05, 0) is 49.2 Å². The molecule has 0 aliphatic heterocycles. The molecule has 4 rings (SSSR count). The summed E-state index contributed by atoms with van der Waals surface area (Å²) in [5.74, 6) is -0.111. The summed E-state index contributed by atoms with van der Waals surface area (Å²) in [4.78, 5) is 25.4. The van der Waals surface area contributed by atoms with E-state index in [1.54, 1.807) is 24.4 Å². The lowest BCUT2D eigenvalue weighted by Crippen LogP contribution is -2.24. The number of nitrogens with one attached hydrogen (secondary N) is 1. The normalized spacial score (nSPS) is 14.9. The van der Waals surface area contributed by atoms with Crippen LogP contribution in [-0.4, -0.2) is 16.4 Å². The van der Waals surface area contributed by atoms with Crippen molar-refractivity contribution in [3.05, 3.63) is 64.3 Å². The van der Waals surface area contributed by atoms with Gasteiger partial charge in [0.15, 0.2) is 0 Å². The fourth-order valence-electron chi connectivity index (χ4n) is 3.83. The Morgan fingerprint density at radius 2 is 1.68 bits per heavy atom. The molecule has 0 unspecified atom stereocenters. The summed E-state index contributed by atoms with van der Waals surface area (Å²) in [6.07, 6.45) is 7.06. The van der Waals surface area contributed by atoms with Crippen molar-refractivity contribution in [2.45, 2.75) is 32.1 Å². The lowest BCUT2D eigenvalue weighted by atomic mass is 9.88. The summed E-state index contributed by atoms with van der Waals surface area (Å²) in [6, 6.07) is 12.4. The maximum absolute atomic E-state index is 13.0. The fourth-order valence-corrected chi connectivity index (χ4v) is 4.39. The molecule has 1 amide bonds. The van der Waals surface area contributed by atoms with Crippen molar-refractivity contribution in [3.63, 3.8) is 0 Å². The predicted molar refractivity (Wildman–Crippen MR) is 113 cm³/mol. The molecule has 1 aromatic heterocycles. The molecule has 1 heterocycles. The zero-order valence-corrected chi connectivity index (χ0v) is 16.8. The molecule has 144 valence electrons. The Kier molecular flexibility index (Phi) is 5.42. The molecule has 0 saturated heterocycles. The number of nitrogens with zero attached hydrogens (tertiary/aromatic N) is 1. The van der Waals surface area contributed by atoms with E-state index < -0.39 is 0 Å². The van der Waals surface area contributed by atoms with Crippen LogP contribution in [0.3, 0.4) is 0 Å². The smallest absolute Gasteiger partial charge is 0.265 e. The molecular formula is C22H20Cl2N2O2. The number of rotatable bonds is 3. The van der Waals surface area contributed by atoms with Gasteiger partial charge in [-0.3, -0.25) is 14.2 Å². The van der Waals surface area contributed by atoms with E-state index in [0.29, 0.717) is 10.0 Å². The first-order chi connectivity index (χ1) is 13.5. The van der Waals surface area contributed by atoms with Gasteiger partial charge in [-0.2, -0.15) is 0 Å². The minimum Gasteiger partial charge on any atom is -0.326 e. The molecule has 1 aliphatic carbocycles. The topological polar surface area (TPSA) is 51.1 Å². The third kappa shape index (κ3) is 3.67. The Morgan fingerprint density at radius 3 is 2.39 bits per heavy atom. The van der Waals surface area contributed by atoms with Gasteiger partial charge in [0.1, 0.15) is 0 Å². The van der Waals surface area contributed by atoms with E-state index in [4.69, 9.17) is 23.2 Å². The number of carbonyl (C=O) groups excluding carboxylic acids is 2. The summed E-state index contributed by atoms with van der Waals surface area (Å²) >= 11 is 12.4. The van der Waals surface area contributed by atoms with Gasteiger partial charge in [0.25, 0.3) is 5.91 Å². The Labute approximate surface area is 173 Å². The Balaban J connectivity index is 1.59. The zero-order chi connectivity index (χ0) is 19.7. The molecule has 0 atom stereocenters. The van der Waals surface area contributed by atoms with Crippen molar-refractivity contribution in [2.75, 3.05) is 5.32 Å². The van der Waals surface area contributed by atoms with E-state index in [0.717, 1.165) is 42.3 Å². The van der Waals surface area contributed by atoms with E-state index in [1.807, 2.05) is 24.3 Å². The Hall–Kier alpha value is -2.30. The summed E-state index contributed by atoms with van der Waals surface area (Å²) in [7, 11) is 0. The maximum atomic E-state index is 13.0. The first-order valence-electron chi connectivity index (χ1n) is 9.45. The quantitative estimate of drug-likeness (QED) is 0.557. The van der Waals surface area contributed by atoms with E-state index >= 15 is 0 Å². The first kappa shape index (κ1) is 19.0. The lowest BCUT2D eigenvalue weighted by molar-refractivity contribution is -0.120. The van der Waals surface area contributed by atoms with Crippen LogP contribution < -0.4 is 5.32 Å². The second-order valence-corrected chi connectivity index (χ2v) is 8.00. The van der Waals surface area contributed by atoms with Crippen LogP contribution >= 0.6 is 23.2 Å². The van der Waals surface area contributed by atoms with Crippen molar-refractivity contribution in [1.82, 2.24) is 4.57 Å². The number of carbonyl (C=O) groups is 2. The number of fused-ring (bicyclic) bond motifs is 1. The SMILES string of the molecule is O=C(Nc1ccc2c(ccn2C(=O)c2c(Cl)cccc2Cl)c1)C1CCCCC1. The van der Waals surface area contributed by atoms with Gasteiger partial charge in [-0.1, -0.05) is 48.5 Å². The zero-order valence-electron chi connectivity index (χ0n) is 15.3. The number of halogens is 2. The van der Waals surface area contributed by atoms with E-state index in [-0.39, 0.29) is 23.3 Å². The molecule has 1 aliphatic rings. The van der Waals surface area contributed by atoms with Crippen molar-refractivity contribution < 1.29 is 9.59 Å². The van der Waals surface area contributed by atoms with Gasteiger partial charge < -0.3 is 5.32 Å². The van der Waals surface area contributed by atoms with Gasteiger partial charge in [0.05, 0.1) is 21.1 Å². The number of aromatic nitrogens is 1. The standard InChI is InChI=1S/C22H20Cl2N2O2/c23-17-7-4-8-18(24)20(17)22(28)26-12-11-15-13-16(9-10-19(15)26)25-21(27)14-5-2-1-3-6-14/h4,7-14H,1-3,5-6H2,(H,25,27). The van der Waals surface area contributed by atoms with Crippen molar-refractivity contribution in [3.8, 4) is 0 Å². The second kappa shape index (κ2) is 7.98. The number of benzene rings is 2. The molecule has 0 radical (unpaired) electrons. The van der Waals surface area contributed by atoms with Gasteiger partial charge in [0.2, 0.25) is 5.91 Å².